The van der Waals surface area contributed by atoms with Crippen molar-refractivity contribution in [3.63, 3.8) is 0 Å². The third kappa shape index (κ3) is 7.29. The maximum atomic E-state index is 13.4. The summed E-state index contributed by atoms with van der Waals surface area (Å²) >= 11 is 0. The Labute approximate surface area is 365 Å². The van der Waals surface area contributed by atoms with Crippen molar-refractivity contribution in [3.8, 4) is 22.8 Å². The van der Waals surface area contributed by atoms with Crippen molar-refractivity contribution < 1.29 is 23.9 Å². The summed E-state index contributed by atoms with van der Waals surface area (Å²) in [6.45, 7) is 8.26. The fraction of sp³-hybridized carbons (Fsp3) is 0.426. The van der Waals surface area contributed by atoms with Gasteiger partial charge in [0.2, 0.25) is 11.8 Å². The minimum atomic E-state index is -0.960. The molecule has 4 amide bonds. The number of fused-ring (bicyclic) bond motifs is 2. The Balaban J connectivity index is 0.658. The summed E-state index contributed by atoms with van der Waals surface area (Å²) in [5, 5.41) is 8.21. The highest BCUT2D eigenvalue weighted by atomic mass is 16.5. The lowest BCUT2D eigenvalue weighted by atomic mass is 9.96. The van der Waals surface area contributed by atoms with E-state index in [2.05, 4.69) is 39.6 Å². The van der Waals surface area contributed by atoms with E-state index in [0.29, 0.717) is 35.1 Å². The number of nitrogen functional groups attached to an aromatic ring is 1. The van der Waals surface area contributed by atoms with Gasteiger partial charge in [-0.15, -0.1) is 0 Å². The molecule has 63 heavy (non-hydrogen) atoms. The number of piperidine rings is 3. The third-order valence-corrected chi connectivity index (χ3v) is 14.4. The first-order valence-electron chi connectivity index (χ1n) is 22.4. The molecule has 16 nitrogen and oxygen atoms in total. The van der Waals surface area contributed by atoms with Gasteiger partial charge >= 0.3 is 0 Å². The number of amides is 4. The highest BCUT2D eigenvalue weighted by molar-refractivity contribution is 6.23. The molecule has 5 fully saturated rings. The molecule has 16 heteroatoms. The van der Waals surface area contributed by atoms with Crippen LogP contribution in [-0.2, 0) is 9.59 Å². The summed E-state index contributed by atoms with van der Waals surface area (Å²) in [5.41, 5.74) is 10.6. The van der Waals surface area contributed by atoms with Crippen LogP contribution in [0.4, 0.5) is 11.5 Å². The van der Waals surface area contributed by atoms with Crippen LogP contribution in [0.2, 0.25) is 0 Å². The maximum Gasteiger partial charge on any atom is 0.262 e. The molecule has 324 valence electrons. The van der Waals surface area contributed by atoms with Crippen LogP contribution in [0.3, 0.4) is 0 Å². The number of imide groups is 2. The van der Waals surface area contributed by atoms with Crippen molar-refractivity contribution in [2.45, 2.75) is 75.2 Å². The van der Waals surface area contributed by atoms with Gasteiger partial charge in [0.05, 0.1) is 22.6 Å². The van der Waals surface area contributed by atoms with Crippen LogP contribution in [0.15, 0.2) is 79.1 Å². The SMILES string of the molecule is Nc1ncnc2c1c(-c1ccc(Oc3ccccc3)cc1)nn2C1CCN(C2CCN(C3CN(C4CCN(c5ccc6c(c5)C(=O)N(C5CCC(=O)NC5=O)C6=O)CC4)C3)C2)CC1. The van der Waals surface area contributed by atoms with E-state index < -0.39 is 23.8 Å². The van der Waals surface area contributed by atoms with Gasteiger partial charge in [-0.05, 0) is 93.1 Å². The molecule has 5 saturated heterocycles. The summed E-state index contributed by atoms with van der Waals surface area (Å²) in [6.07, 6.45) is 7.06. The number of benzene rings is 3. The number of likely N-dealkylation sites (tertiary alicyclic amines) is 3. The molecule has 2 aromatic heterocycles. The van der Waals surface area contributed by atoms with Crippen LogP contribution in [0.1, 0.15) is 71.7 Å². The molecule has 6 aliphatic rings. The standard InChI is InChI=1S/C47H51N11O5/c48-43-41-42(29-6-9-36(10-7-29)63-35-4-2-1-3-5-35)52-58(44(41)50-28-49-43)31-16-21-54(22-17-31)33-18-23-55(25-33)34-26-56(27-34)30-14-19-53(20-15-30)32-8-11-37-38(24-32)47(62)57(46(37)61)39-12-13-40(59)51-45(39)60/h1-11,24,28,30-31,33-34,39H,12-23,25-27H2,(H2,48,49,50)(H,51,59,60). The van der Waals surface area contributed by atoms with E-state index in [1.54, 1.807) is 12.1 Å². The minimum absolute atomic E-state index is 0.103. The molecule has 0 radical (unpaired) electrons. The topological polar surface area (TPSA) is 175 Å². The van der Waals surface area contributed by atoms with Gasteiger partial charge in [-0.25, -0.2) is 14.6 Å². The van der Waals surface area contributed by atoms with Gasteiger partial charge in [-0.3, -0.25) is 44.1 Å². The van der Waals surface area contributed by atoms with Crippen LogP contribution in [0, 0.1) is 0 Å². The zero-order chi connectivity index (χ0) is 42.8. The first kappa shape index (κ1) is 39.6. The molecule has 3 N–H and O–H groups in total. The van der Waals surface area contributed by atoms with E-state index in [4.69, 9.17) is 15.6 Å². The second-order valence-corrected chi connectivity index (χ2v) is 17.9. The molecule has 8 heterocycles. The number of carbonyl (C=O) groups excluding carboxylic acids is 4. The number of rotatable bonds is 9. The first-order chi connectivity index (χ1) is 30.8. The van der Waals surface area contributed by atoms with Gasteiger partial charge in [-0.1, -0.05) is 18.2 Å². The summed E-state index contributed by atoms with van der Waals surface area (Å²) in [5.74, 6) is 0.0655. The molecule has 0 saturated carbocycles. The number of nitrogens with one attached hydrogen (secondary N) is 1. The van der Waals surface area contributed by atoms with E-state index in [-0.39, 0.29) is 24.8 Å². The normalized spacial score (nSPS) is 23.4. The lowest BCUT2D eigenvalue weighted by Gasteiger charge is -2.50. The van der Waals surface area contributed by atoms with E-state index in [0.717, 1.165) is 122 Å². The van der Waals surface area contributed by atoms with Gasteiger partial charge in [0.15, 0.2) is 5.65 Å². The van der Waals surface area contributed by atoms with Crippen molar-refractivity contribution in [1.29, 1.82) is 0 Å². The lowest BCUT2D eigenvalue weighted by molar-refractivity contribution is -0.136. The zero-order valence-electron chi connectivity index (χ0n) is 35.1. The van der Waals surface area contributed by atoms with Crippen LogP contribution in [-0.4, -0.2) is 140 Å². The molecule has 6 aliphatic heterocycles. The maximum absolute atomic E-state index is 13.4. The number of hydrogen-bond acceptors (Lipinski definition) is 13. The molecule has 0 bridgehead atoms. The van der Waals surface area contributed by atoms with E-state index in [9.17, 15) is 19.2 Å². The summed E-state index contributed by atoms with van der Waals surface area (Å²) in [6, 6.07) is 24.1. The Kier molecular flexibility index (Phi) is 10.2. The minimum Gasteiger partial charge on any atom is -0.457 e. The van der Waals surface area contributed by atoms with Crippen molar-refractivity contribution in [2.24, 2.45) is 0 Å². The molecule has 3 aromatic carbocycles. The monoisotopic (exact) mass is 849 g/mol. The van der Waals surface area contributed by atoms with Crippen molar-refractivity contribution in [2.75, 3.05) is 63.0 Å². The molecule has 2 atom stereocenters. The summed E-state index contributed by atoms with van der Waals surface area (Å²) < 4.78 is 8.12. The van der Waals surface area contributed by atoms with E-state index in [1.165, 1.54) is 12.7 Å². The number of anilines is 2. The molecular formula is C47H51N11O5. The third-order valence-electron chi connectivity index (χ3n) is 14.4. The highest BCUT2D eigenvalue weighted by Crippen LogP contribution is 2.37. The van der Waals surface area contributed by atoms with Crippen molar-refractivity contribution >= 4 is 46.2 Å². The second-order valence-electron chi connectivity index (χ2n) is 17.9. The number of nitrogens with two attached hydrogens (primary N) is 1. The Morgan fingerprint density at radius 3 is 2.10 bits per heavy atom. The fourth-order valence-electron chi connectivity index (χ4n) is 10.8. The fourth-order valence-corrected chi connectivity index (χ4v) is 10.8. The Morgan fingerprint density at radius 1 is 0.651 bits per heavy atom. The number of hydrogen-bond donors (Lipinski definition) is 2. The molecule has 0 spiro atoms. The Morgan fingerprint density at radius 2 is 1.33 bits per heavy atom. The largest absolute Gasteiger partial charge is 0.457 e. The number of para-hydroxylation sites is 1. The Hall–Kier alpha value is -6.23. The predicted octanol–water partition coefficient (Wildman–Crippen LogP) is 4.33. The summed E-state index contributed by atoms with van der Waals surface area (Å²) in [4.78, 5) is 71.2. The first-order valence-corrected chi connectivity index (χ1v) is 22.4. The van der Waals surface area contributed by atoms with Crippen LogP contribution in [0.25, 0.3) is 22.3 Å². The van der Waals surface area contributed by atoms with Gasteiger partial charge in [0.25, 0.3) is 11.8 Å². The van der Waals surface area contributed by atoms with Crippen LogP contribution < -0.4 is 20.7 Å². The molecule has 5 aromatic rings. The van der Waals surface area contributed by atoms with Gasteiger partial charge in [0.1, 0.15) is 35.4 Å². The highest BCUT2D eigenvalue weighted by Gasteiger charge is 2.45. The number of nitrogens with zero attached hydrogens (tertiary/aromatic N) is 9. The van der Waals surface area contributed by atoms with Gasteiger partial charge in [-0.2, -0.15) is 5.10 Å². The lowest BCUT2D eigenvalue weighted by Crippen LogP contribution is -2.63. The quantitative estimate of drug-likeness (QED) is 0.201. The molecule has 2 unspecified atom stereocenters. The van der Waals surface area contributed by atoms with Gasteiger partial charge in [0, 0.05) is 88.2 Å². The van der Waals surface area contributed by atoms with Crippen LogP contribution in [0.5, 0.6) is 11.5 Å². The van der Waals surface area contributed by atoms with E-state index in [1.807, 2.05) is 60.7 Å². The number of ether oxygens (including phenoxy) is 1. The zero-order valence-corrected chi connectivity index (χ0v) is 35.1. The number of carbonyl (C=O) groups is 4. The van der Waals surface area contributed by atoms with Crippen molar-refractivity contribution in [1.82, 2.24) is 44.7 Å². The smallest absolute Gasteiger partial charge is 0.262 e. The van der Waals surface area contributed by atoms with Crippen LogP contribution >= 0.6 is 0 Å². The second kappa shape index (κ2) is 16.2. The molecule has 11 rings (SSSR count). The molecular weight excluding hydrogens is 799 g/mol. The Bertz CT molecular complexity index is 2580. The van der Waals surface area contributed by atoms with Gasteiger partial charge < -0.3 is 15.4 Å². The average molecular weight is 850 g/mol. The van der Waals surface area contributed by atoms with Crippen molar-refractivity contribution in [3.05, 3.63) is 90.3 Å². The van der Waals surface area contributed by atoms with E-state index >= 15 is 0 Å². The average Bonchev–Trinajstić information content (AvgIpc) is 4.00. The predicted molar refractivity (Wildman–Crippen MR) is 235 cm³/mol. The number of aromatic nitrogens is 4. The summed E-state index contributed by atoms with van der Waals surface area (Å²) in [7, 11) is 0. The molecule has 0 aliphatic carbocycles.